The fourth-order valence-corrected chi connectivity index (χ4v) is 2.19. The van der Waals surface area contributed by atoms with Crippen LogP contribution in [-0.2, 0) is 6.18 Å². The maximum atomic E-state index is 13.0. The standard InChI is InChI=1S/C17H15F3N2O4/c1-25-12-7-10(17(18,19)20)6-11(8-12)22-16(24)13-5-9(15(21)23)3-4-14(13)26-2/h3-8H,1-2H3,(H2,21,23)(H,22,24). The van der Waals surface area contributed by atoms with Gasteiger partial charge in [0.1, 0.15) is 11.5 Å². The van der Waals surface area contributed by atoms with Gasteiger partial charge in [-0.15, -0.1) is 0 Å². The number of benzene rings is 2. The van der Waals surface area contributed by atoms with Crippen LogP contribution in [0.4, 0.5) is 18.9 Å². The number of anilines is 1. The molecule has 0 bridgehead atoms. The molecule has 0 heterocycles. The van der Waals surface area contributed by atoms with Crippen LogP contribution in [0, 0.1) is 0 Å². The van der Waals surface area contributed by atoms with Crippen molar-refractivity contribution in [2.45, 2.75) is 6.18 Å². The van der Waals surface area contributed by atoms with Crippen LogP contribution in [0.1, 0.15) is 26.3 Å². The van der Waals surface area contributed by atoms with E-state index in [1.165, 1.54) is 38.5 Å². The number of primary amides is 1. The van der Waals surface area contributed by atoms with Crippen LogP contribution >= 0.6 is 0 Å². The molecule has 0 atom stereocenters. The monoisotopic (exact) mass is 368 g/mol. The number of ether oxygens (including phenoxy) is 2. The van der Waals surface area contributed by atoms with Gasteiger partial charge in [0.05, 0.1) is 25.3 Å². The number of carbonyl (C=O) groups is 2. The van der Waals surface area contributed by atoms with Crippen molar-refractivity contribution in [3.63, 3.8) is 0 Å². The van der Waals surface area contributed by atoms with Crippen LogP contribution in [0.5, 0.6) is 11.5 Å². The maximum Gasteiger partial charge on any atom is 0.416 e. The van der Waals surface area contributed by atoms with Gasteiger partial charge in [0.25, 0.3) is 5.91 Å². The number of halogens is 3. The largest absolute Gasteiger partial charge is 0.497 e. The molecule has 2 amide bonds. The van der Waals surface area contributed by atoms with Gasteiger partial charge in [0.15, 0.2) is 0 Å². The molecule has 3 N–H and O–H groups in total. The summed E-state index contributed by atoms with van der Waals surface area (Å²) >= 11 is 0. The summed E-state index contributed by atoms with van der Waals surface area (Å²) in [6.45, 7) is 0. The van der Waals surface area contributed by atoms with E-state index in [0.717, 1.165) is 12.1 Å². The lowest BCUT2D eigenvalue weighted by molar-refractivity contribution is -0.137. The molecule has 2 aromatic carbocycles. The van der Waals surface area contributed by atoms with E-state index in [-0.39, 0.29) is 28.3 Å². The first kappa shape index (κ1) is 19.1. The first-order chi connectivity index (χ1) is 12.2. The number of carbonyl (C=O) groups excluding carboxylic acids is 2. The molecule has 9 heteroatoms. The Hall–Kier alpha value is -3.23. The highest BCUT2D eigenvalue weighted by molar-refractivity contribution is 6.08. The Morgan fingerprint density at radius 3 is 2.27 bits per heavy atom. The molecule has 0 aromatic heterocycles. The smallest absolute Gasteiger partial charge is 0.416 e. The summed E-state index contributed by atoms with van der Waals surface area (Å²) in [6.07, 6.45) is -4.61. The number of alkyl halides is 3. The Balaban J connectivity index is 2.41. The van der Waals surface area contributed by atoms with Crippen LogP contribution in [0.15, 0.2) is 36.4 Å². The van der Waals surface area contributed by atoms with Crippen molar-refractivity contribution in [2.24, 2.45) is 5.73 Å². The van der Waals surface area contributed by atoms with E-state index in [4.69, 9.17) is 15.2 Å². The van der Waals surface area contributed by atoms with Crippen LogP contribution < -0.4 is 20.5 Å². The third-order valence-electron chi connectivity index (χ3n) is 3.46. The summed E-state index contributed by atoms with van der Waals surface area (Å²) in [6, 6.07) is 6.74. The number of hydrogen-bond donors (Lipinski definition) is 2. The third kappa shape index (κ3) is 4.24. The Labute approximate surface area is 146 Å². The molecule has 26 heavy (non-hydrogen) atoms. The van der Waals surface area contributed by atoms with Gasteiger partial charge in [-0.25, -0.2) is 0 Å². The summed E-state index contributed by atoms with van der Waals surface area (Å²) in [5, 5.41) is 2.34. The topological polar surface area (TPSA) is 90.6 Å². The lowest BCUT2D eigenvalue weighted by Gasteiger charge is -2.14. The number of amides is 2. The van der Waals surface area contributed by atoms with Gasteiger partial charge in [0.2, 0.25) is 5.91 Å². The first-order valence-electron chi connectivity index (χ1n) is 7.21. The van der Waals surface area contributed by atoms with Gasteiger partial charge in [-0.3, -0.25) is 9.59 Å². The molecule has 138 valence electrons. The number of nitrogens with two attached hydrogens (primary N) is 1. The molecule has 2 rings (SSSR count). The van der Waals surface area contributed by atoms with E-state index in [9.17, 15) is 22.8 Å². The number of methoxy groups -OCH3 is 2. The van der Waals surface area contributed by atoms with Crippen molar-refractivity contribution >= 4 is 17.5 Å². The molecule has 0 saturated heterocycles. The normalized spacial score (nSPS) is 11.0. The Kier molecular flexibility index (Phi) is 5.39. The Bertz CT molecular complexity index is 850. The highest BCUT2D eigenvalue weighted by atomic mass is 19.4. The zero-order valence-electron chi connectivity index (χ0n) is 13.8. The van der Waals surface area contributed by atoms with Crippen LogP contribution in [-0.4, -0.2) is 26.0 Å². The highest BCUT2D eigenvalue weighted by Crippen LogP contribution is 2.34. The summed E-state index contributed by atoms with van der Waals surface area (Å²) in [5.41, 5.74) is 4.06. The molecule has 2 aromatic rings. The molecule has 6 nitrogen and oxygen atoms in total. The fourth-order valence-electron chi connectivity index (χ4n) is 2.19. The van der Waals surface area contributed by atoms with E-state index < -0.39 is 23.6 Å². The molecule has 0 saturated carbocycles. The van der Waals surface area contributed by atoms with Crippen molar-refractivity contribution in [3.05, 3.63) is 53.1 Å². The van der Waals surface area contributed by atoms with Crippen molar-refractivity contribution < 1.29 is 32.2 Å². The molecule has 0 spiro atoms. The molecule has 0 fully saturated rings. The lowest BCUT2D eigenvalue weighted by Crippen LogP contribution is -2.17. The van der Waals surface area contributed by atoms with Crippen LogP contribution in [0.2, 0.25) is 0 Å². The van der Waals surface area contributed by atoms with E-state index in [1.54, 1.807) is 0 Å². The highest BCUT2D eigenvalue weighted by Gasteiger charge is 2.31. The summed E-state index contributed by atoms with van der Waals surface area (Å²) in [7, 11) is 2.52. The molecule has 0 aliphatic heterocycles. The van der Waals surface area contributed by atoms with E-state index in [0.29, 0.717) is 0 Å². The zero-order valence-corrected chi connectivity index (χ0v) is 13.8. The Morgan fingerprint density at radius 2 is 1.73 bits per heavy atom. The minimum Gasteiger partial charge on any atom is -0.497 e. The summed E-state index contributed by atoms with van der Waals surface area (Å²) in [5.74, 6) is -1.48. The van der Waals surface area contributed by atoms with Gasteiger partial charge < -0.3 is 20.5 Å². The minimum atomic E-state index is -4.61. The zero-order chi connectivity index (χ0) is 19.5. The minimum absolute atomic E-state index is 0.0533. The second-order valence-electron chi connectivity index (χ2n) is 5.18. The average molecular weight is 368 g/mol. The summed E-state index contributed by atoms with van der Waals surface area (Å²) < 4.78 is 48.8. The number of hydrogen-bond acceptors (Lipinski definition) is 4. The molecular formula is C17H15F3N2O4. The first-order valence-corrected chi connectivity index (χ1v) is 7.21. The van der Waals surface area contributed by atoms with E-state index in [2.05, 4.69) is 5.32 Å². The Morgan fingerprint density at radius 1 is 1.04 bits per heavy atom. The average Bonchev–Trinajstić information content (AvgIpc) is 2.59. The molecular weight excluding hydrogens is 353 g/mol. The van der Waals surface area contributed by atoms with Gasteiger partial charge in [-0.2, -0.15) is 13.2 Å². The number of nitrogens with one attached hydrogen (secondary N) is 1. The van der Waals surface area contributed by atoms with Gasteiger partial charge in [0, 0.05) is 17.3 Å². The second-order valence-corrected chi connectivity index (χ2v) is 5.18. The maximum absolute atomic E-state index is 13.0. The lowest BCUT2D eigenvalue weighted by atomic mass is 10.1. The van der Waals surface area contributed by atoms with Crippen molar-refractivity contribution in [1.82, 2.24) is 0 Å². The van der Waals surface area contributed by atoms with E-state index in [1.807, 2.05) is 0 Å². The third-order valence-corrected chi connectivity index (χ3v) is 3.46. The van der Waals surface area contributed by atoms with Crippen LogP contribution in [0.3, 0.4) is 0 Å². The van der Waals surface area contributed by atoms with Gasteiger partial charge in [-0.1, -0.05) is 0 Å². The molecule has 0 aliphatic carbocycles. The van der Waals surface area contributed by atoms with Gasteiger partial charge in [-0.05, 0) is 30.3 Å². The quantitative estimate of drug-likeness (QED) is 0.849. The SMILES string of the molecule is COc1cc(NC(=O)c2cc(C(N)=O)ccc2OC)cc(C(F)(F)F)c1. The van der Waals surface area contributed by atoms with Crippen LogP contribution in [0.25, 0.3) is 0 Å². The predicted octanol–water partition coefficient (Wildman–Crippen LogP) is 3.07. The van der Waals surface area contributed by atoms with Crippen molar-refractivity contribution in [1.29, 1.82) is 0 Å². The second kappa shape index (κ2) is 7.34. The van der Waals surface area contributed by atoms with Gasteiger partial charge >= 0.3 is 6.18 Å². The molecule has 0 aliphatic rings. The number of rotatable bonds is 5. The molecule has 0 radical (unpaired) electrons. The van der Waals surface area contributed by atoms with E-state index >= 15 is 0 Å². The van der Waals surface area contributed by atoms with Crippen molar-refractivity contribution in [2.75, 3.05) is 19.5 Å². The summed E-state index contributed by atoms with van der Waals surface area (Å²) in [4.78, 5) is 23.7. The fraction of sp³-hybridized carbons (Fsp3) is 0.176. The van der Waals surface area contributed by atoms with Crippen molar-refractivity contribution in [3.8, 4) is 11.5 Å². The molecule has 0 unspecified atom stereocenters. The predicted molar refractivity (Wildman–Crippen MR) is 87.5 cm³/mol.